The van der Waals surface area contributed by atoms with Gasteiger partial charge in [-0.1, -0.05) is 149 Å². The van der Waals surface area contributed by atoms with Crippen molar-refractivity contribution in [2.75, 3.05) is 13.2 Å². The van der Waals surface area contributed by atoms with Crippen molar-refractivity contribution < 1.29 is 19.1 Å². The molecule has 4 heteroatoms. The number of rotatable bonds is 30. The highest BCUT2D eigenvalue weighted by molar-refractivity contribution is 5.69. The van der Waals surface area contributed by atoms with Crippen molar-refractivity contribution in [2.24, 2.45) is 5.92 Å². The molecule has 0 aromatic rings. The van der Waals surface area contributed by atoms with E-state index < -0.39 is 0 Å². The number of hydrogen-bond donors (Lipinski definition) is 0. The number of carbonyl (C=O) groups excluding carboxylic acids is 2. The molecule has 0 aliphatic rings. The Hall–Kier alpha value is -1.06. The zero-order valence-corrected chi connectivity index (χ0v) is 26.0. The second kappa shape index (κ2) is 30.5. The molecule has 0 heterocycles. The molecule has 0 saturated heterocycles. The molecule has 1 atom stereocenters. The SMILES string of the molecule is CCCCCCCCOC(=O)CCCCCCCCCCCC(CC)CCC(=O)OCCCCCCCC. The van der Waals surface area contributed by atoms with E-state index >= 15 is 0 Å². The van der Waals surface area contributed by atoms with E-state index in [0.717, 1.165) is 38.5 Å². The molecule has 0 fully saturated rings. The fourth-order valence-corrected chi connectivity index (χ4v) is 5.10. The number of hydrogen-bond acceptors (Lipinski definition) is 4. The summed E-state index contributed by atoms with van der Waals surface area (Å²) in [7, 11) is 0. The standard InChI is InChI=1S/C34H66O4/c1-4-7-9-11-20-24-30-37-33(35)27-23-19-17-15-13-14-16-18-22-26-32(6-3)28-29-34(36)38-31-25-21-12-10-8-5-2/h32H,4-31H2,1-3H3. The predicted octanol–water partition coefficient (Wildman–Crippen LogP) is 10.9. The molecule has 4 nitrogen and oxygen atoms in total. The van der Waals surface area contributed by atoms with Gasteiger partial charge in [-0.2, -0.15) is 0 Å². The maximum Gasteiger partial charge on any atom is 0.305 e. The Morgan fingerprint density at radius 1 is 0.447 bits per heavy atom. The molecular weight excluding hydrogens is 472 g/mol. The highest BCUT2D eigenvalue weighted by atomic mass is 16.5. The monoisotopic (exact) mass is 538 g/mol. The average molecular weight is 539 g/mol. The second-order valence-corrected chi connectivity index (χ2v) is 11.5. The van der Waals surface area contributed by atoms with Crippen molar-refractivity contribution in [3.63, 3.8) is 0 Å². The third-order valence-electron chi connectivity index (χ3n) is 7.85. The van der Waals surface area contributed by atoms with Crippen LogP contribution in [0.2, 0.25) is 0 Å². The minimum absolute atomic E-state index is 0.00191. The van der Waals surface area contributed by atoms with Gasteiger partial charge in [0, 0.05) is 12.8 Å². The Morgan fingerprint density at radius 3 is 1.32 bits per heavy atom. The van der Waals surface area contributed by atoms with Gasteiger partial charge in [-0.25, -0.2) is 0 Å². The second-order valence-electron chi connectivity index (χ2n) is 11.5. The van der Waals surface area contributed by atoms with Gasteiger partial charge in [0.1, 0.15) is 0 Å². The first-order valence-corrected chi connectivity index (χ1v) is 16.9. The molecule has 0 bridgehead atoms. The van der Waals surface area contributed by atoms with Crippen LogP contribution in [0.3, 0.4) is 0 Å². The lowest BCUT2D eigenvalue weighted by atomic mass is 9.93. The van der Waals surface area contributed by atoms with Gasteiger partial charge in [0.05, 0.1) is 13.2 Å². The summed E-state index contributed by atoms with van der Waals surface area (Å²) in [5.74, 6) is 0.658. The van der Waals surface area contributed by atoms with Crippen LogP contribution in [-0.2, 0) is 19.1 Å². The lowest BCUT2D eigenvalue weighted by Gasteiger charge is -2.14. The lowest BCUT2D eigenvalue weighted by Crippen LogP contribution is -2.09. The Bertz CT molecular complexity index is 505. The van der Waals surface area contributed by atoms with E-state index in [-0.39, 0.29) is 11.9 Å². The molecule has 0 radical (unpaired) electrons. The normalized spacial score (nSPS) is 12.0. The quantitative estimate of drug-likeness (QED) is 0.0674. The third-order valence-corrected chi connectivity index (χ3v) is 7.85. The minimum Gasteiger partial charge on any atom is -0.466 e. The van der Waals surface area contributed by atoms with Crippen LogP contribution < -0.4 is 0 Å². The van der Waals surface area contributed by atoms with Crippen LogP contribution in [0.5, 0.6) is 0 Å². The molecular formula is C34H66O4. The van der Waals surface area contributed by atoms with Crippen LogP contribution in [-0.4, -0.2) is 25.2 Å². The van der Waals surface area contributed by atoms with Gasteiger partial charge in [0.15, 0.2) is 0 Å². The molecule has 0 aromatic heterocycles. The molecule has 0 amide bonds. The van der Waals surface area contributed by atoms with Crippen molar-refractivity contribution in [1.29, 1.82) is 0 Å². The summed E-state index contributed by atoms with van der Waals surface area (Å²) < 4.78 is 10.8. The topological polar surface area (TPSA) is 52.6 Å². The molecule has 0 aromatic carbocycles. The number of unbranched alkanes of at least 4 members (excludes halogenated alkanes) is 18. The van der Waals surface area contributed by atoms with Gasteiger partial charge in [-0.3, -0.25) is 9.59 Å². The molecule has 0 saturated carbocycles. The molecule has 226 valence electrons. The smallest absolute Gasteiger partial charge is 0.305 e. The fraction of sp³-hybridized carbons (Fsp3) is 0.941. The molecule has 0 N–H and O–H groups in total. The van der Waals surface area contributed by atoms with E-state index in [0.29, 0.717) is 32.0 Å². The molecule has 0 aliphatic heterocycles. The molecule has 0 aliphatic carbocycles. The number of carbonyl (C=O) groups is 2. The Balaban J connectivity index is 3.43. The molecule has 38 heavy (non-hydrogen) atoms. The van der Waals surface area contributed by atoms with E-state index in [2.05, 4.69) is 20.8 Å². The van der Waals surface area contributed by atoms with E-state index in [1.165, 1.54) is 116 Å². The van der Waals surface area contributed by atoms with Crippen molar-refractivity contribution >= 4 is 11.9 Å². The van der Waals surface area contributed by atoms with Crippen molar-refractivity contribution in [1.82, 2.24) is 0 Å². The first kappa shape index (κ1) is 36.9. The van der Waals surface area contributed by atoms with Gasteiger partial charge in [-0.05, 0) is 31.6 Å². The van der Waals surface area contributed by atoms with Gasteiger partial charge in [0.25, 0.3) is 0 Å². The fourth-order valence-electron chi connectivity index (χ4n) is 5.10. The van der Waals surface area contributed by atoms with E-state index in [1.807, 2.05) is 0 Å². The van der Waals surface area contributed by atoms with Crippen LogP contribution >= 0.6 is 0 Å². The Morgan fingerprint density at radius 2 is 0.842 bits per heavy atom. The van der Waals surface area contributed by atoms with Crippen LogP contribution in [0.25, 0.3) is 0 Å². The van der Waals surface area contributed by atoms with Crippen LogP contribution in [0.15, 0.2) is 0 Å². The maximum atomic E-state index is 12.0. The highest BCUT2D eigenvalue weighted by Gasteiger charge is 2.10. The maximum absolute atomic E-state index is 12.0. The summed E-state index contributed by atoms with van der Waals surface area (Å²) in [6.07, 6.45) is 30.5. The highest BCUT2D eigenvalue weighted by Crippen LogP contribution is 2.20. The minimum atomic E-state index is -0.00556. The summed E-state index contributed by atoms with van der Waals surface area (Å²) in [5.41, 5.74) is 0. The Kier molecular flexibility index (Phi) is 29.6. The van der Waals surface area contributed by atoms with Gasteiger partial charge < -0.3 is 9.47 Å². The summed E-state index contributed by atoms with van der Waals surface area (Å²) in [6, 6.07) is 0. The predicted molar refractivity (Wildman–Crippen MR) is 162 cm³/mol. The summed E-state index contributed by atoms with van der Waals surface area (Å²) >= 11 is 0. The number of esters is 2. The van der Waals surface area contributed by atoms with Crippen molar-refractivity contribution in [2.45, 2.75) is 188 Å². The van der Waals surface area contributed by atoms with Crippen molar-refractivity contribution in [3.8, 4) is 0 Å². The van der Waals surface area contributed by atoms with Crippen LogP contribution in [0, 0.1) is 5.92 Å². The van der Waals surface area contributed by atoms with E-state index in [1.54, 1.807) is 0 Å². The largest absolute Gasteiger partial charge is 0.466 e. The first-order chi connectivity index (χ1) is 18.6. The van der Waals surface area contributed by atoms with Gasteiger partial charge in [0.2, 0.25) is 0 Å². The Labute approximate surface area is 237 Å². The zero-order chi connectivity index (χ0) is 27.9. The van der Waals surface area contributed by atoms with Crippen LogP contribution in [0.1, 0.15) is 188 Å². The van der Waals surface area contributed by atoms with E-state index in [9.17, 15) is 9.59 Å². The molecule has 0 rings (SSSR count). The molecule has 1 unspecified atom stereocenters. The van der Waals surface area contributed by atoms with Gasteiger partial charge >= 0.3 is 11.9 Å². The summed E-state index contributed by atoms with van der Waals surface area (Å²) in [5, 5.41) is 0. The lowest BCUT2D eigenvalue weighted by molar-refractivity contribution is -0.145. The summed E-state index contributed by atoms with van der Waals surface area (Å²) in [6.45, 7) is 7.93. The average Bonchev–Trinajstić information content (AvgIpc) is 2.92. The van der Waals surface area contributed by atoms with Crippen LogP contribution in [0.4, 0.5) is 0 Å². The number of ether oxygens (including phenoxy) is 2. The summed E-state index contributed by atoms with van der Waals surface area (Å²) in [4.78, 5) is 23.8. The van der Waals surface area contributed by atoms with E-state index in [4.69, 9.17) is 9.47 Å². The first-order valence-electron chi connectivity index (χ1n) is 16.9. The van der Waals surface area contributed by atoms with Gasteiger partial charge in [-0.15, -0.1) is 0 Å². The molecule has 0 spiro atoms. The third kappa shape index (κ3) is 28.0. The zero-order valence-electron chi connectivity index (χ0n) is 26.0. The van der Waals surface area contributed by atoms with Crippen molar-refractivity contribution in [3.05, 3.63) is 0 Å².